The van der Waals surface area contributed by atoms with Crippen molar-refractivity contribution in [2.24, 2.45) is 0 Å². The molecule has 130 valence electrons. The lowest BCUT2D eigenvalue weighted by molar-refractivity contribution is -0.125. The summed E-state index contributed by atoms with van der Waals surface area (Å²) in [7, 11) is 0. The number of aromatic nitrogens is 1. The third-order valence-corrected chi connectivity index (χ3v) is 4.74. The van der Waals surface area contributed by atoms with Gasteiger partial charge in [0.05, 0.1) is 11.6 Å². The highest BCUT2D eigenvalue weighted by molar-refractivity contribution is 5.92. The maximum Gasteiger partial charge on any atom is 0.340 e. The highest BCUT2D eigenvalue weighted by atomic mass is 16.5. The van der Waals surface area contributed by atoms with Crippen LogP contribution in [0.25, 0.3) is 0 Å². The molecule has 1 heterocycles. The number of ether oxygens (including phenoxy) is 1. The van der Waals surface area contributed by atoms with Gasteiger partial charge in [0.2, 0.25) is 0 Å². The van der Waals surface area contributed by atoms with E-state index in [1.165, 1.54) is 0 Å². The second kappa shape index (κ2) is 7.52. The fourth-order valence-electron chi connectivity index (χ4n) is 3.43. The van der Waals surface area contributed by atoms with Crippen molar-refractivity contribution < 1.29 is 14.3 Å². The molecular formula is C18H25N3O3. The van der Waals surface area contributed by atoms with Gasteiger partial charge in [-0.1, -0.05) is 19.3 Å². The predicted molar refractivity (Wildman–Crippen MR) is 89.4 cm³/mol. The molecule has 1 fully saturated rings. The largest absolute Gasteiger partial charge is 0.452 e. The SMILES string of the molecule is CCn1c(C)cc(C(=O)OCC(=O)NC2(C#N)CCCCC2)c1C. The summed E-state index contributed by atoms with van der Waals surface area (Å²) in [5.74, 6) is -0.927. The number of aryl methyl sites for hydroxylation is 1. The first kappa shape index (κ1) is 18.1. The Morgan fingerprint density at radius 1 is 1.33 bits per heavy atom. The van der Waals surface area contributed by atoms with Crippen LogP contribution in [-0.4, -0.2) is 28.6 Å². The Bertz CT molecular complexity index is 664. The molecule has 6 nitrogen and oxygen atoms in total. The second-order valence-electron chi connectivity index (χ2n) is 6.41. The Kier molecular flexibility index (Phi) is 5.66. The molecule has 0 saturated heterocycles. The molecule has 0 aromatic carbocycles. The van der Waals surface area contributed by atoms with Crippen molar-refractivity contribution in [3.05, 3.63) is 23.0 Å². The van der Waals surface area contributed by atoms with E-state index in [4.69, 9.17) is 4.74 Å². The van der Waals surface area contributed by atoms with E-state index in [1.54, 1.807) is 6.07 Å². The van der Waals surface area contributed by atoms with Crippen LogP contribution in [-0.2, 0) is 16.1 Å². The average molecular weight is 331 g/mol. The number of hydrogen-bond donors (Lipinski definition) is 1. The average Bonchev–Trinajstić information content (AvgIpc) is 2.87. The van der Waals surface area contributed by atoms with Crippen molar-refractivity contribution in [1.29, 1.82) is 5.26 Å². The van der Waals surface area contributed by atoms with Gasteiger partial charge in [-0.2, -0.15) is 5.26 Å². The van der Waals surface area contributed by atoms with Gasteiger partial charge >= 0.3 is 5.97 Å². The molecule has 0 spiro atoms. The number of esters is 1. The third kappa shape index (κ3) is 3.78. The summed E-state index contributed by atoms with van der Waals surface area (Å²) in [4.78, 5) is 24.3. The summed E-state index contributed by atoms with van der Waals surface area (Å²) in [6, 6.07) is 3.99. The number of nitrogens with zero attached hydrogens (tertiary/aromatic N) is 2. The van der Waals surface area contributed by atoms with E-state index in [-0.39, 0.29) is 6.61 Å². The molecule has 24 heavy (non-hydrogen) atoms. The van der Waals surface area contributed by atoms with Crippen molar-refractivity contribution in [2.75, 3.05) is 6.61 Å². The van der Waals surface area contributed by atoms with Crippen LogP contribution in [0.3, 0.4) is 0 Å². The number of rotatable bonds is 5. The monoisotopic (exact) mass is 331 g/mol. The van der Waals surface area contributed by atoms with Gasteiger partial charge in [-0.05, 0) is 39.7 Å². The lowest BCUT2D eigenvalue weighted by Crippen LogP contribution is -2.50. The van der Waals surface area contributed by atoms with E-state index in [9.17, 15) is 14.9 Å². The molecule has 0 radical (unpaired) electrons. The number of carbonyl (C=O) groups is 2. The number of amides is 1. The van der Waals surface area contributed by atoms with Crippen LogP contribution >= 0.6 is 0 Å². The zero-order valence-corrected chi connectivity index (χ0v) is 14.6. The molecule has 1 saturated carbocycles. The van der Waals surface area contributed by atoms with Gasteiger partial charge in [0.25, 0.3) is 5.91 Å². The Balaban J connectivity index is 1.94. The minimum atomic E-state index is -0.806. The smallest absolute Gasteiger partial charge is 0.340 e. The van der Waals surface area contributed by atoms with E-state index >= 15 is 0 Å². The van der Waals surface area contributed by atoms with Crippen LogP contribution in [0.2, 0.25) is 0 Å². The molecule has 0 bridgehead atoms. The van der Waals surface area contributed by atoms with Gasteiger partial charge in [-0.25, -0.2) is 4.79 Å². The van der Waals surface area contributed by atoms with Gasteiger partial charge < -0.3 is 14.6 Å². The Hall–Kier alpha value is -2.29. The van der Waals surface area contributed by atoms with Crippen molar-refractivity contribution in [1.82, 2.24) is 9.88 Å². The number of carbonyl (C=O) groups excluding carboxylic acids is 2. The van der Waals surface area contributed by atoms with E-state index < -0.39 is 17.4 Å². The first-order valence-corrected chi connectivity index (χ1v) is 8.48. The number of nitriles is 1. The van der Waals surface area contributed by atoms with Gasteiger partial charge in [0.15, 0.2) is 6.61 Å². The summed E-state index contributed by atoms with van der Waals surface area (Å²) in [5.41, 5.74) is 1.49. The summed E-state index contributed by atoms with van der Waals surface area (Å²) < 4.78 is 7.16. The number of hydrogen-bond acceptors (Lipinski definition) is 4. The fraction of sp³-hybridized carbons (Fsp3) is 0.611. The molecule has 0 atom stereocenters. The summed E-state index contributed by atoms with van der Waals surface area (Å²) in [6.45, 7) is 6.21. The lowest BCUT2D eigenvalue weighted by atomic mass is 9.83. The van der Waals surface area contributed by atoms with Crippen LogP contribution in [0.15, 0.2) is 6.07 Å². The molecular weight excluding hydrogens is 306 g/mol. The van der Waals surface area contributed by atoms with Gasteiger partial charge in [-0.15, -0.1) is 0 Å². The van der Waals surface area contributed by atoms with Gasteiger partial charge in [0.1, 0.15) is 5.54 Å². The maximum absolute atomic E-state index is 12.2. The standard InChI is InChI=1S/C18H25N3O3/c1-4-21-13(2)10-15(14(21)3)17(23)24-11-16(22)20-18(12-19)8-6-5-7-9-18/h10H,4-9,11H2,1-3H3,(H,20,22). The Morgan fingerprint density at radius 3 is 2.54 bits per heavy atom. The van der Waals surface area contributed by atoms with Crippen LogP contribution in [0.4, 0.5) is 0 Å². The van der Waals surface area contributed by atoms with Crippen LogP contribution in [0.5, 0.6) is 0 Å². The molecule has 1 aliphatic rings. The Labute approximate surface area is 142 Å². The highest BCUT2D eigenvalue weighted by Gasteiger charge is 2.33. The Morgan fingerprint density at radius 2 is 2.00 bits per heavy atom. The topological polar surface area (TPSA) is 84.1 Å². The minimum absolute atomic E-state index is 0.363. The molecule has 1 aromatic heterocycles. The molecule has 6 heteroatoms. The van der Waals surface area contributed by atoms with Gasteiger partial charge in [-0.3, -0.25) is 4.79 Å². The van der Waals surface area contributed by atoms with Crippen LogP contribution in [0.1, 0.15) is 60.8 Å². The highest BCUT2D eigenvalue weighted by Crippen LogP contribution is 2.27. The summed E-state index contributed by atoms with van der Waals surface area (Å²) in [5, 5.41) is 12.1. The lowest BCUT2D eigenvalue weighted by Gasteiger charge is -2.31. The molecule has 1 aliphatic carbocycles. The van der Waals surface area contributed by atoms with Crippen LogP contribution in [0, 0.1) is 25.2 Å². The molecule has 1 N–H and O–H groups in total. The van der Waals surface area contributed by atoms with Crippen molar-refractivity contribution in [2.45, 2.75) is 65.0 Å². The van der Waals surface area contributed by atoms with E-state index in [2.05, 4.69) is 11.4 Å². The van der Waals surface area contributed by atoms with Crippen LogP contribution < -0.4 is 5.32 Å². The van der Waals surface area contributed by atoms with E-state index in [0.29, 0.717) is 18.4 Å². The molecule has 0 unspecified atom stereocenters. The van der Waals surface area contributed by atoms with E-state index in [0.717, 1.165) is 37.2 Å². The first-order valence-electron chi connectivity index (χ1n) is 8.48. The molecule has 2 rings (SSSR count). The quantitative estimate of drug-likeness (QED) is 0.841. The zero-order valence-electron chi connectivity index (χ0n) is 14.6. The minimum Gasteiger partial charge on any atom is -0.452 e. The molecule has 0 aliphatic heterocycles. The zero-order chi connectivity index (χ0) is 17.7. The van der Waals surface area contributed by atoms with Crippen molar-refractivity contribution in [3.63, 3.8) is 0 Å². The maximum atomic E-state index is 12.2. The number of nitrogens with one attached hydrogen (secondary N) is 1. The van der Waals surface area contributed by atoms with Crippen molar-refractivity contribution in [3.8, 4) is 6.07 Å². The summed E-state index contributed by atoms with van der Waals surface area (Å²) >= 11 is 0. The fourth-order valence-corrected chi connectivity index (χ4v) is 3.43. The predicted octanol–water partition coefficient (Wildman–Crippen LogP) is 2.62. The third-order valence-electron chi connectivity index (χ3n) is 4.74. The van der Waals surface area contributed by atoms with Crippen molar-refractivity contribution >= 4 is 11.9 Å². The van der Waals surface area contributed by atoms with E-state index in [1.807, 2.05) is 25.3 Å². The molecule has 1 aromatic rings. The molecule has 1 amide bonds. The second-order valence-corrected chi connectivity index (χ2v) is 6.41. The van der Waals surface area contributed by atoms with Gasteiger partial charge in [0, 0.05) is 17.9 Å². The summed E-state index contributed by atoms with van der Waals surface area (Å²) in [6.07, 6.45) is 4.25. The first-order chi connectivity index (χ1) is 11.4. The normalized spacial score (nSPS) is 16.2.